The van der Waals surface area contributed by atoms with Gasteiger partial charge in [-0.2, -0.15) is 15.0 Å². The molecular weight excluding hydrogens is 398 g/mol. The van der Waals surface area contributed by atoms with Gasteiger partial charge in [-0.3, -0.25) is 9.36 Å². The van der Waals surface area contributed by atoms with Crippen molar-refractivity contribution < 1.29 is 0 Å². The smallest absolute Gasteiger partial charge is 0.262 e. The Bertz CT molecular complexity index is 1270. The van der Waals surface area contributed by atoms with Gasteiger partial charge in [0.05, 0.1) is 16.7 Å². The van der Waals surface area contributed by atoms with Crippen LogP contribution in [0.2, 0.25) is 0 Å². The van der Waals surface area contributed by atoms with Crippen molar-refractivity contribution in [1.82, 2.24) is 24.5 Å². The van der Waals surface area contributed by atoms with Gasteiger partial charge in [-0.05, 0) is 37.1 Å². The summed E-state index contributed by atoms with van der Waals surface area (Å²) in [5.74, 6) is 1.48. The fourth-order valence-corrected chi connectivity index (χ4v) is 4.14. The molecule has 0 spiro atoms. The van der Waals surface area contributed by atoms with Crippen molar-refractivity contribution in [3.8, 4) is 0 Å². The molecule has 0 radical (unpaired) electrons. The first kappa shape index (κ1) is 18.6. The average Bonchev–Trinajstić information content (AvgIpc) is 3.58. The number of nitrogens with one attached hydrogen (secondary N) is 1. The lowest BCUT2D eigenvalue weighted by atomic mass is 10.2. The van der Waals surface area contributed by atoms with Crippen LogP contribution in [0.15, 0.2) is 64.5 Å². The van der Waals surface area contributed by atoms with Gasteiger partial charge >= 0.3 is 0 Å². The highest BCUT2D eigenvalue weighted by Gasteiger charge is 2.28. The summed E-state index contributed by atoms with van der Waals surface area (Å²) in [5, 5.41) is 4.46. The number of hydrogen-bond donors (Lipinski definition) is 2. The van der Waals surface area contributed by atoms with Crippen LogP contribution in [0.5, 0.6) is 0 Å². The second-order valence-corrected chi connectivity index (χ2v) is 7.97. The van der Waals surface area contributed by atoms with Gasteiger partial charge in [0.15, 0.2) is 5.16 Å². The number of nitrogen functional groups attached to an aromatic ring is 1. The Hall–Kier alpha value is -3.46. The molecule has 1 aliphatic carbocycles. The molecule has 3 N–H and O–H groups in total. The van der Waals surface area contributed by atoms with Gasteiger partial charge in [-0.25, -0.2) is 4.98 Å². The normalized spacial score (nSPS) is 13.5. The fourth-order valence-electron chi connectivity index (χ4n) is 3.22. The second kappa shape index (κ2) is 7.75. The molecule has 0 unspecified atom stereocenters. The van der Waals surface area contributed by atoms with Crippen LogP contribution in [0.4, 0.5) is 17.6 Å². The summed E-state index contributed by atoms with van der Waals surface area (Å²) < 4.78 is 1.81. The third-order valence-electron chi connectivity index (χ3n) is 4.75. The highest BCUT2D eigenvalue weighted by molar-refractivity contribution is 7.98. The molecule has 30 heavy (non-hydrogen) atoms. The SMILES string of the molecule is Nc1nc(CSc2nc3ccccc3c(=O)n2C2CC2)nc(Nc2ccccc2)n1. The lowest BCUT2D eigenvalue weighted by Gasteiger charge is -2.12. The van der Waals surface area contributed by atoms with E-state index < -0.39 is 0 Å². The number of nitrogens with two attached hydrogens (primary N) is 1. The zero-order valence-corrected chi connectivity index (χ0v) is 16.8. The average molecular weight is 417 g/mol. The molecule has 8 nitrogen and oxygen atoms in total. The molecule has 1 fully saturated rings. The minimum Gasteiger partial charge on any atom is -0.368 e. The van der Waals surface area contributed by atoms with Gasteiger partial charge in [0.1, 0.15) is 5.82 Å². The van der Waals surface area contributed by atoms with Crippen LogP contribution in [0, 0.1) is 0 Å². The van der Waals surface area contributed by atoms with Gasteiger partial charge in [0.25, 0.3) is 5.56 Å². The number of fused-ring (bicyclic) bond motifs is 1. The largest absolute Gasteiger partial charge is 0.368 e. The Morgan fingerprint density at radius 1 is 1.00 bits per heavy atom. The maximum atomic E-state index is 13.0. The standard InChI is InChI=1S/C21H19N7OS/c22-19-25-17(26-20(27-19)23-13-6-2-1-3-7-13)12-30-21-24-16-9-5-4-8-15(16)18(29)28(21)14-10-11-14/h1-9,14H,10-12H2,(H3,22,23,25,26,27). The van der Waals surface area contributed by atoms with E-state index in [1.165, 1.54) is 11.8 Å². The van der Waals surface area contributed by atoms with Gasteiger partial charge in [-0.15, -0.1) is 0 Å². The minimum absolute atomic E-state index is 0.00666. The van der Waals surface area contributed by atoms with E-state index in [4.69, 9.17) is 10.7 Å². The Labute approximate surface area is 176 Å². The number of para-hydroxylation sites is 2. The van der Waals surface area contributed by atoms with Crippen molar-refractivity contribution in [2.24, 2.45) is 0 Å². The van der Waals surface area contributed by atoms with E-state index in [9.17, 15) is 4.79 Å². The van der Waals surface area contributed by atoms with E-state index >= 15 is 0 Å². The summed E-state index contributed by atoms with van der Waals surface area (Å²) in [4.78, 5) is 30.6. The molecule has 1 saturated carbocycles. The fraction of sp³-hybridized carbons (Fsp3) is 0.190. The van der Waals surface area contributed by atoms with Crippen LogP contribution in [0.1, 0.15) is 24.7 Å². The molecule has 0 saturated heterocycles. The summed E-state index contributed by atoms with van der Waals surface area (Å²) in [6, 6.07) is 17.3. The Kier molecular flexibility index (Phi) is 4.80. The van der Waals surface area contributed by atoms with Crippen molar-refractivity contribution >= 4 is 40.2 Å². The van der Waals surface area contributed by atoms with Crippen LogP contribution in [0.25, 0.3) is 10.9 Å². The van der Waals surface area contributed by atoms with Crippen LogP contribution in [-0.4, -0.2) is 24.5 Å². The van der Waals surface area contributed by atoms with Crippen LogP contribution < -0.4 is 16.6 Å². The highest BCUT2D eigenvalue weighted by Crippen LogP contribution is 2.37. The van der Waals surface area contributed by atoms with Crippen molar-refractivity contribution in [2.75, 3.05) is 11.1 Å². The first-order valence-electron chi connectivity index (χ1n) is 9.64. The zero-order valence-electron chi connectivity index (χ0n) is 16.0. The van der Waals surface area contributed by atoms with Gasteiger partial charge in [-0.1, -0.05) is 42.1 Å². The van der Waals surface area contributed by atoms with Crippen LogP contribution >= 0.6 is 11.8 Å². The molecule has 2 aromatic heterocycles. The van der Waals surface area contributed by atoms with Crippen molar-refractivity contribution in [3.05, 3.63) is 70.8 Å². The van der Waals surface area contributed by atoms with E-state index in [2.05, 4.69) is 20.3 Å². The van der Waals surface area contributed by atoms with E-state index in [0.717, 1.165) is 18.5 Å². The predicted octanol–water partition coefficient (Wildman–Crippen LogP) is 3.53. The third kappa shape index (κ3) is 3.84. The molecule has 150 valence electrons. The van der Waals surface area contributed by atoms with Gasteiger partial charge in [0, 0.05) is 11.7 Å². The molecule has 9 heteroatoms. The summed E-state index contributed by atoms with van der Waals surface area (Å²) in [5.41, 5.74) is 7.45. The zero-order chi connectivity index (χ0) is 20.5. The Morgan fingerprint density at radius 3 is 2.57 bits per heavy atom. The Morgan fingerprint density at radius 2 is 1.77 bits per heavy atom. The number of aromatic nitrogens is 5. The molecular formula is C21H19N7OS. The second-order valence-electron chi connectivity index (χ2n) is 7.03. The van der Waals surface area contributed by atoms with E-state index in [-0.39, 0.29) is 17.5 Å². The maximum absolute atomic E-state index is 13.0. The summed E-state index contributed by atoms with van der Waals surface area (Å²) in [6.07, 6.45) is 1.99. The molecule has 0 atom stereocenters. The van der Waals surface area contributed by atoms with Gasteiger partial charge in [0.2, 0.25) is 11.9 Å². The topological polar surface area (TPSA) is 112 Å². The molecule has 0 bridgehead atoms. The number of benzene rings is 2. The first-order chi connectivity index (χ1) is 14.7. The lowest BCUT2D eigenvalue weighted by Crippen LogP contribution is -2.22. The van der Waals surface area contributed by atoms with E-state index in [1.54, 1.807) is 4.57 Å². The minimum atomic E-state index is 0.00666. The van der Waals surface area contributed by atoms with Crippen molar-refractivity contribution in [1.29, 1.82) is 0 Å². The van der Waals surface area contributed by atoms with Crippen molar-refractivity contribution in [3.63, 3.8) is 0 Å². The maximum Gasteiger partial charge on any atom is 0.262 e. The highest BCUT2D eigenvalue weighted by atomic mass is 32.2. The number of anilines is 3. The summed E-state index contributed by atoms with van der Waals surface area (Å²) >= 11 is 1.44. The van der Waals surface area contributed by atoms with E-state index in [1.807, 2.05) is 54.6 Å². The predicted molar refractivity (Wildman–Crippen MR) is 118 cm³/mol. The van der Waals surface area contributed by atoms with E-state index in [0.29, 0.717) is 33.6 Å². The van der Waals surface area contributed by atoms with Gasteiger partial charge < -0.3 is 11.1 Å². The number of hydrogen-bond acceptors (Lipinski definition) is 8. The molecule has 2 aromatic carbocycles. The quantitative estimate of drug-likeness (QED) is 0.362. The third-order valence-corrected chi connectivity index (χ3v) is 5.70. The number of thioether (sulfide) groups is 1. The molecule has 0 amide bonds. The first-order valence-corrected chi connectivity index (χ1v) is 10.6. The molecule has 2 heterocycles. The number of nitrogens with zero attached hydrogens (tertiary/aromatic N) is 5. The molecule has 1 aliphatic rings. The summed E-state index contributed by atoms with van der Waals surface area (Å²) in [6.45, 7) is 0. The van der Waals surface area contributed by atoms with Crippen LogP contribution in [-0.2, 0) is 5.75 Å². The monoisotopic (exact) mass is 417 g/mol. The molecule has 0 aliphatic heterocycles. The van der Waals surface area contributed by atoms with Crippen LogP contribution in [0.3, 0.4) is 0 Å². The Balaban J connectivity index is 1.43. The van der Waals surface area contributed by atoms with Crippen molar-refractivity contribution in [2.45, 2.75) is 29.8 Å². The number of rotatable bonds is 6. The summed E-state index contributed by atoms with van der Waals surface area (Å²) in [7, 11) is 0. The molecule has 5 rings (SSSR count). The lowest BCUT2D eigenvalue weighted by molar-refractivity contribution is 0.617. The molecule has 4 aromatic rings.